The molecule has 4 heteroatoms. The van der Waals surface area contributed by atoms with E-state index in [1.54, 1.807) is 0 Å². The van der Waals surface area contributed by atoms with Gasteiger partial charge in [0.05, 0.1) is 19.8 Å². The van der Waals surface area contributed by atoms with Crippen LogP contribution < -0.4 is 0 Å². The molecule has 1 aliphatic rings. The minimum absolute atomic E-state index is 0.0563. The maximum absolute atomic E-state index is 9.52. The number of aliphatic hydroxyl groups is 1. The third-order valence-electron chi connectivity index (χ3n) is 3.17. The van der Waals surface area contributed by atoms with Gasteiger partial charge < -0.3 is 19.5 Å². The van der Waals surface area contributed by atoms with E-state index in [-0.39, 0.29) is 12.0 Å². The Kier molecular flexibility index (Phi) is 6.28. The molecule has 0 aromatic carbocycles. The molecule has 1 saturated heterocycles. The number of hydrogen-bond donors (Lipinski definition) is 1. The lowest BCUT2D eigenvalue weighted by Crippen LogP contribution is -2.45. The van der Waals surface area contributed by atoms with Crippen molar-refractivity contribution in [3.8, 4) is 0 Å². The van der Waals surface area contributed by atoms with Crippen LogP contribution in [0.1, 0.15) is 19.8 Å². The van der Waals surface area contributed by atoms with Gasteiger partial charge in [-0.05, 0) is 26.8 Å². The molecule has 4 nitrogen and oxygen atoms in total. The number of rotatable bonds is 7. The lowest BCUT2D eigenvalue weighted by Gasteiger charge is -2.38. The summed E-state index contributed by atoms with van der Waals surface area (Å²) in [6.07, 6.45) is 2.11. The number of ether oxygens (including phenoxy) is 2. The molecule has 96 valence electrons. The quantitative estimate of drug-likeness (QED) is 0.656. The van der Waals surface area contributed by atoms with E-state index in [1.165, 1.54) is 0 Å². The molecule has 0 aliphatic carbocycles. The highest BCUT2D eigenvalue weighted by Gasteiger charge is 2.33. The second-order valence-corrected chi connectivity index (χ2v) is 4.75. The fraction of sp³-hybridized carbons (Fsp3) is 1.00. The topological polar surface area (TPSA) is 41.9 Å². The van der Waals surface area contributed by atoms with E-state index < -0.39 is 0 Å². The third kappa shape index (κ3) is 4.37. The second kappa shape index (κ2) is 7.22. The van der Waals surface area contributed by atoms with Crippen molar-refractivity contribution in [2.75, 3.05) is 53.2 Å². The van der Waals surface area contributed by atoms with Crippen LogP contribution >= 0.6 is 0 Å². The lowest BCUT2D eigenvalue weighted by atomic mass is 9.83. The second-order valence-electron chi connectivity index (χ2n) is 4.75. The summed E-state index contributed by atoms with van der Waals surface area (Å²) in [6.45, 7) is 7.06. The highest BCUT2D eigenvalue weighted by atomic mass is 16.5. The summed E-state index contributed by atoms with van der Waals surface area (Å²) in [4.78, 5) is 2.22. The molecule has 0 amide bonds. The SMILES string of the molecule is CCOCCN(C)CC1(CO)CCCOC1. The van der Waals surface area contributed by atoms with Crippen molar-refractivity contribution in [1.82, 2.24) is 4.90 Å². The fourth-order valence-corrected chi connectivity index (χ4v) is 2.23. The van der Waals surface area contributed by atoms with Gasteiger partial charge in [-0.1, -0.05) is 0 Å². The predicted molar refractivity (Wildman–Crippen MR) is 63.6 cm³/mol. The minimum atomic E-state index is -0.0563. The first kappa shape index (κ1) is 13.9. The van der Waals surface area contributed by atoms with Gasteiger partial charge in [0.2, 0.25) is 0 Å². The highest BCUT2D eigenvalue weighted by molar-refractivity contribution is 4.83. The normalized spacial score (nSPS) is 26.2. The zero-order valence-electron chi connectivity index (χ0n) is 10.6. The van der Waals surface area contributed by atoms with Crippen LogP contribution in [0, 0.1) is 5.41 Å². The first-order chi connectivity index (χ1) is 7.72. The van der Waals surface area contributed by atoms with Gasteiger partial charge in [0.25, 0.3) is 0 Å². The molecule has 1 aliphatic heterocycles. The van der Waals surface area contributed by atoms with E-state index in [9.17, 15) is 5.11 Å². The number of hydrogen-bond acceptors (Lipinski definition) is 4. The molecule has 1 N–H and O–H groups in total. The number of likely N-dealkylation sites (N-methyl/N-ethyl adjacent to an activating group) is 1. The Morgan fingerprint density at radius 1 is 1.50 bits per heavy atom. The zero-order chi connectivity index (χ0) is 11.9. The van der Waals surface area contributed by atoms with Gasteiger partial charge in [0.15, 0.2) is 0 Å². The Hall–Kier alpha value is -0.160. The Balaban J connectivity index is 2.30. The average Bonchev–Trinajstić information content (AvgIpc) is 2.30. The van der Waals surface area contributed by atoms with Crippen LogP contribution in [0.3, 0.4) is 0 Å². The predicted octanol–water partition coefficient (Wildman–Crippen LogP) is 0.744. The van der Waals surface area contributed by atoms with Crippen molar-refractivity contribution in [3.05, 3.63) is 0 Å². The first-order valence-electron chi connectivity index (χ1n) is 6.17. The van der Waals surface area contributed by atoms with Gasteiger partial charge in [0.1, 0.15) is 0 Å². The molecule has 1 unspecified atom stereocenters. The van der Waals surface area contributed by atoms with Crippen molar-refractivity contribution < 1.29 is 14.6 Å². The van der Waals surface area contributed by atoms with Gasteiger partial charge in [-0.3, -0.25) is 0 Å². The van der Waals surface area contributed by atoms with E-state index >= 15 is 0 Å². The highest BCUT2D eigenvalue weighted by Crippen LogP contribution is 2.28. The summed E-state index contributed by atoms with van der Waals surface area (Å²) in [5.41, 5.74) is -0.0563. The molecule has 1 heterocycles. The van der Waals surface area contributed by atoms with Gasteiger partial charge in [-0.15, -0.1) is 0 Å². The van der Waals surface area contributed by atoms with Crippen LogP contribution in [0.4, 0.5) is 0 Å². The van der Waals surface area contributed by atoms with E-state index in [0.717, 1.165) is 45.8 Å². The van der Waals surface area contributed by atoms with E-state index in [4.69, 9.17) is 9.47 Å². The largest absolute Gasteiger partial charge is 0.396 e. The Morgan fingerprint density at radius 2 is 2.31 bits per heavy atom. The van der Waals surface area contributed by atoms with Crippen LogP contribution in [0.25, 0.3) is 0 Å². The molecule has 0 aromatic heterocycles. The molecule has 0 spiro atoms. The first-order valence-corrected chi connectivity index (χ1v) is 6.17. The van der Waals surface area contributed by atoms with Crippen molar-refractivity contribution in [3.63, 3.8) is 0 Å². The third-order valence-corrected chi connectivity index (χ3v) is 3.17. The van der Waals surface area contributed by atoms with Crippen LogP contribution in [-0.4, -0.2) is 63.2 Å². The van der Waals surface area contributed by atoms with Gasteiger partial charge in [-0.2, -0.15) is 0 Å². The standard InChI is InChI=1S/C12H25NO3/c1-3-15-8-6-13(2)9-12(10-14)5-4-7-16-11-12/h14H,3-11H2,1-2H3. The monoisotopic (exact) mass is 231 g/mol. The fourth-order valence-electron chi connectivity index (χ4n) is 2.23. The smallest absolute Gasteiger partial charge is 0.0593 e. The average molecular weight is 231 g/mol. The Labute approximate surface area is 98.5 Å². The van der Waals surface area contributed by atoms with Crippen LogP contribution in [0.5, 0.6) is 0 Å². The summed E-state index contributed by atoms with van der Waals surface area (Å²) in [6, 6.07) is 0. The maximum atomic E-state index is 9.52. The molecule has 0 saturated carbocycles. The van der Waals surface area contributed by atoms with Crippen molar-refractivity contribution in [2.45, 2.75) is 19.8 Å². The summed E-state index contributed by atoms with van der Waals surface area (Å²) in [5, 5.41) is 9.52. The molecule has 16 heavy (non-hydrogen) atoms. The molecular weight excluding hydrogens is 206 g/mol. The van der Waals surface area contributed by atoms with Crippen molar-refractivity contribution in [2.24, 2.45) is 5.41 Å². The van der Waals surface area contributed by atoms with Crippen molar-refractivity contribution >= 4 is 0 Å². The molecule has 1 atom stereocenters. The van der Waals surface area contributed by atoms with Gasteiger partial charge in [0, 0.05) is 31.7 Å². The molecule has 0 bridgehead atoms. The number of nitrogens with zero attached hydrogens (tertiary/aromatic N) is 1. The summed E-state index contributed by atoms with van der Waals surface area (Å²) >= 11 is 0. The van der Waals surface area contributed by atoms with Gasteiger partial charge >= 0.3 is 0 Å². The Bertz CT molecular complexity index is 181. The molecule has 0 radical (unpaired) electrons. The molecular formula is C12H25NO3. The lowest BCUT2D eigenvalue weighted by molar-refractivity contribution is -0.0542. The zero-order valence-corrected chi connectivity index (χ0v) is 10.6. The van der Waals surface area contributed by atoms with Crippen molar-refractivity contribution in [1.29, 1.82) is 0 Å². The summed E-state index contributed by atoms with van der Waals surface area (Å²) < 4.78 is 10.8. The van der Waals surface area contributed by atoms with E-state index in [0.29, 0.717) is 6.61 Å². The van der Waals surface area contributed by atoms with Crippen LogP contribution in [-0.2, 0) is 9.47 Å². The molecule has 1 rings (SSSR count). The molecule has 1 fully saturated rings. The van der Waals surface area contributed by atoms with E-state index in [1.807, 2.05) is 6.92 Å². The van der Waals surface area contributed by atoms with Crippen LogP contribution in [0.15, 0.2) is 0 Å². The minimum Gasteiger partial charge on any atom is -0.396 e. The van der Waals surface area contributed by atoms with E-state index in [2.05, 4.69) is 11.9 Å². The maximum Gasteiger partial charge on any atom is 0.0593 e. The summed E-state index contributed by atoms with van der Waals surface area (Å²) in [5.74, 6) is 0. The Morgan fingerprint density at radius 3 is 2.88 bits per heavy atom. The summed E-state index contributed by atoms with van der Waals surface area (Å²) in [7, 11) is 2.07. The van der Waals surface area contributed by atoms with Gasteiger partial charge in [-0.25, -0.2) is 0 Å². The van der Waals surface area contributed by atoms with Crippen LogP contribution in [0.2, 0.25) is 0 Å². The molecule has 0 aromatic rings. The number of aliphatic hydroxyl groups excluding tert-OH is 1.